The van der Waals surface area contributed by atoms with Crippen LogP contribution in [-0.2, 0) is 6.42 Å². The van der Waals surface area contributed by atoms with Crippen LogP contribution in [0, 0.1) is 20.2 Å². The van der Waals surface area contributed by atoms with Gasteiger partial charge in [-0.05, 0) is 24.1 Å². The first-order valence-electron chi connectivity index (χ1n) is 9.08. The van der Waals surface area contributed by atoms with Crippen molar-refractivity contribution in [3.8, 4) is 11.5 Å². The van der Waals surface area contributed by atoms with Gasteiger partial charge in [0.25, 0.3) is 12.2 Å². The van der Waals surface area contributed by atoms with Crippen LogP contribution in [0.1, 0.15) is 30.9 Å². The number of nitro groups is 2. The van der Waals surface area contributed by atoms with Crippen LogP contribution in [0.25, 0.3) is 11.0 Å². The monoisotopic (exact) mass is 454 g/mol. The minimum atomic E-state index is -3.15. The van der Waals surface area contributed by atoms with E-state index >= 15 is 0 Å². The maximum absolute atomic E-state index is 13.0. The molecule has 32 heavy (non-hydrogen) atoms. The molecule has 12 heteroatoms. The lowest BCUT2D eigenvalue weighted by molar-refractivity contribution is -0.395. The van der Waals surface area contributed by atoms with E-state index in [-0.39, 0.29) is 11.3 Å². The number of nitro benzene ring substituents is 2. The number of aryl methyl sites for hydroxylation is 1. The number of benzene rings is 2. The SMILES string of the molecule is CCCc1cc(=O)oc2cc(Oc3c([N+](=O)[O-])cc(C(F)F)cc3[N+](=O)[O-])ccc12.CF. The Labute approximate surface area is 178 Å². The average molecular weight is 454 g/mol. The Morgan fingerprint density at radius 3 is 2.12 bits per heavy atom. The van der Waals surface area contributed by atoms with Crippen LogP contribution < -0.4 is 10.4 Å². The maximum Gasteiger partial charge on any atom is 0.336 e. The highest BCUT2D eigenvalue weighted by atomic mass is 19.3. The second-order valence-corrected chi connectivity index (χ2v) is 6.30. The van der Waals surface area contributed by atoms with Crippen LogP contribution in [-0.4, -0.2) is 17.0 Å². The number of fused-ring (bicyclic) bond motifs is 1. The highest BCUT2D eigenvalue weighted by molar-refractivity contribution is 5.81. The lowest BCUT2D eigenvalue weighted by Crippen LogP contribution is -2.02. The minimum Gasteiger partial charge on any atom is -0.444 e. The van der Waals surface area contributed by atoms with E-state index in [1.807, 2.05) is 6.92 Å². The predicted molar refractivity (Wildman–Crippen MR) is 108 cm³/mol. The summed E-state index contributed by atoms with van der Waals surface area (Å²) in [7, 11) is 0.500. The second-order valence-electron chi connectivity index (χ2n) is 6.30. The van der Waals surface area contributed by atoms with Gasteiger partial charge in [-0.3, -0.25) is 24.6 Å². The molecule has 0 saturated heterocycles. The van der Waals surface area contributed by atoms with Crippen LogP contribution >= 0.6 is 0 Å². The summed E-state index contributed by atoms with van der Waals surface area (Å²) in [6.45, 7) is 1.93. The molecule has 3 aromatic rings. The van der Waals surface area contributed by atoms with Gasteiger partial charge in [-0.15, -0.1) is 0 Å². The van der Waals surface area contributed by atoms with E-state index in [4.69, 9.17) is 9.15 Å². The van der Waals surface area contributed by atoms with Crippen molar-refractivity contribution < 1.29 is 32.2 Å². The first-order valence-corrected chi connectivity index (χ1v) is 9.08. The van der Waals surface area contributed by atoms with Crippen LogP contribution in [0.2, 0.25) is 0 Å². The summed E-state index contributed by atoms with van der Waals surface area (Å²) in [4.78, 5) is 32.4. The largest absolute Gasteiger partial charge is 0.444 e. The lowest BCUT2D eigenvalue weighted by atomic mass is 10.1. The number of nitrogens with zero attached hydrogens (tertiary/aromatic N) is 2. The number of hydrogen-bond donors (Lipinski definition) is 0. The Hall–Kier alpha value is -3.96. The molecular formula is C20H17F3N2O7. The molecule has 3 rings (SSSR count). The van der Waals surface area contributed by atoms with Gasteiger partial charge in [-0.25, -0.2) is 13.6 Å². The molecule has 0 aliphatic carbocycles. The van der Waals surface area contributed by atoms with Gasteiger partial charge >= 0.3 is 17.0 Å². The molecule has 0 spiro atoms. The van der Waals surface area contributed by atoms with Gasteiger partial charge in [0, 0.05) is 35.2 Å². The van der Waals surface area contributed by atoms with Gasteiger partial charge in [-0.1, -0.05) is 13.3 Å². The molecule has 2 aromatic carbocycles. The third kappa shape index (κ3) is 5.20. The summed E-state index contributed by atoms with van der Waals surface area (Å²) in [5.74, 6) is -0.906. The van der Waals surface area contributed by atoms with Crippen molar-refractivity contribution in [1.82, 2.24) is 0 Å². The topological polar surface area (TPSA) is 126 Å². The second kappa shape index (κ2) is 10.4. The fourth-order valence-corrected chi connectivity index (χ4v) is 2.99. The molecule has 0 bridgehead atoms. The molecule has 0 fully saturated rings. The summed E-state index contributed by atoms with van der Waals surface area (Å²) in [6, 6.07) is 6.58. The zero-order valence-corrected chi connectivity index (χ0v) is 16.8. The number of hydrogen-bond acceptors (Lipinski definition) is 7. The first kappa shape index (κ1) is 24.3. The Morgan fingerprint density at radius 1 is 1.03 bits per heavy atom. The van der Waals surface area contributed by atoms with E-state index in [1.165, 1.54) is 18.2 Å². The highest BCUT2D eigenvalue weighted by Gasteiger charge is 2.31. The zero-order chi connectivity index (χ0) is 24.0. The first-order chi connectivity index (χ1) is 15.2. The summed E-state index contributed by atoms with van der Waals surface area (Å²) >= 11 is 0. The predicted octanol–water partition coefficient (Wildman–Crippen LogP) is 5.88. The molecule has 0 aliphatic rings. The number of ether oxygens (including phenoxy) is 1. The quantitative estimate of drug-likeness (QED) is 0.248. The fourth-order valence-electron chi connectivity index (χ4n) is 2.99. The van der Waals surface area contributed by atoms with Crippen molar-refractivity contribution in [1.29, 1.82) is 0 Å². The van der Waals surface area contributed by atoms with Crippen LogP contribution in [0.5, 0.6) is 11.5 Å². The summed E-state index contributed by atoms with van der Waals surface area (Å²) in [6.07, 6.45) is -1.77. The average Bonchev–Trinajstić information content (AvgIpc) is 2.74. The van der Waals surface area contributed by atoms with Crippen LogP contribution in [0.15, 0.2) is 45.6 Å². The molecule has 0 atom stereocenters. The molecule has 0 aliphatic heterocycles. The number of rotatable bonds is 7. The normalized spacial score (nSPS) is 10.6. The summed E-state index contributed by atoms with van der Waals surface area (Å²) in [5.41, 5.74) is -2.61. The van der Waals surface area contributed by atoms with Gasteiger partial charge in [0.2, 0.25) is 0 Å². The minimum absolute atomic E-state index is 0.102. The van der Waals surface area contributed by atoms with E-state index in [0.717, 1.165) is 12.0 Å². The Kier molecular flexibility index (Phi) is 7.88. The van der Waals surface area contributed by atoms with E-state index in [0.29, 0.717) is 31.1 Å². The molecule has 0 amide bonds. The van der Waals surface area contributed by atoms with Crippen molar-refractivity contribution in [3.63, 3.8) is 0 Å². The Balaban J connectivity index is 0.00000176. The molecule has 9 nitrogen and oxygen atoms in total. The number of alkyl halides is 3. The van der Waals surface area contributed by atoms with Gasteiger partial charge in [0.15, 0.2) is 0 Å². The van der Waals surface area contributed by atoms with Gasteiger partial charge in [0.05, 0.1) is 17.0 Å². The van der Waals surface area contributed by atoms with E-state index < -0.39 is 44.6 Å². The van der Waals surface area contributed by atoms with Crippen molar-refractivity contribution in [2.75, 3.05) is 7.18 Å². The Bertz CT molecular complexity index is 1180. The molecular weight excluding hydrogens is 437 g/mol. The molecule has 0 N–H and O–H groups in total. The molecule has 0 unspecified atom stereocenters. The zero-order valence-electron chi connectivity index (χ0n) is 16.8. The molecule has 1 aromatic heterocycles. The standard InChI is InChI=1S/C19H14F2N2O7.CH3F/c1-2-3-10-8-17(24)30-16-9-12(4-5-13(10)16)29-18-14(22(25)26)6-11(19(20)21)7-15(18)23(27)28;1-2/h4-9,19H,2-3H2,1H3;1H3. The fraction of sp³-hybridized carbons (Fsp3) is 0.250. The summed E-state index contributed by atoms with van der Waals surface area (Å²) < 4.78 is 46.0. The smallest absolute Gasteiger partial charge is 0.336 e. The molecule has 170 valence electrons. The number of halogens is 3. The maximum atomic E-state index is 13.0. The highest BCUT2D eigenvalue weighted by Crippen LogP contribution is 2.43. The van der Waals surface area contributed by atoms with Crippen molar-refractivity contribution in [2.24, 2.45) is 0 Å². The van der Waals surface area contributed by atoms with Crippen LogP contribution in [0.4, 0.5) is 24.5 Å². The third-order valence-electron chi connectivity index (χ3n) is 4.26. The van der Waals surface area contributed by atoms with Crippen molar-refractivity contribution >= 4 is 22.3 Å². The van der Waals surface area contributed by atoms with Gasteiger partial charge < -0.3 is 9.15 Å². The molecule has 1 heterocycles. The third-order valence-corrected chi connectivity index (χ3v) is 4.26. The lowest BCUT2D eigenvalue weighted by Gasteiger charge is -2.10. The Morgan fingerprint density at radius 2 is 1.62 bits per heavy atom. The van der Waals surface area contributed by atoms with Crippen molar-refractivity contribution in [3.05, 3.63) is 78.2 Å². The molecule has 0 saturated carbocycles. The van der Waals surface area contributed by atoms with Gasteiger partial charge in [-0.2, -0.15) is 0 Å². The molecule has 0 radical (unpaired) electrons. The summed E-state index contributed by atoms with van der Waals surface area (Å²) in [5, 5.41) is 23.3. The van der Waals surface area contributed by atoms with Crippen molar-refractivity contribution in [2.45, 2.75) is 26.2 Å². The van der Waals surface area contributed by atoms with E-state index in [9.17, 15) is 38.2 Å². The van der Waals surface area contributed by atoms with Gasteiger partial charge in [0.1, 0.15) is 11.3 Å². The van der Waals surface area contributed by atoms with E-state index in [1.54, 1.807) is 6.07 Å². The van der Waals surface area contributed by atoms with Crippen LogP contribution in [0.3, 0.4) is 0 Å². The van der Waals surface area contributed by atoms with E-state index in [2.05, 4.69) is 0 Å².